The topological polar surface area (TPSA) is 125 Å². The molecular weight excluding hydrogens is 551 g/mol. The molecule has 1 atom stereocenters. The highest BCUT2D eigenvalue weighted by Crippen LogP contribution is 2.40. The number of aromatic nitrogens is 5. The summed E-state index contributed by atoms with van der Waals surface area (Å²) in [5.74, 6) is 2.37. The van der Waals surface area contributed by atoms with Crippen molar-refractivity contribution in [3.05, 3.63) is 51.8 Å². The largest absolute Gasteiger partial charge is 0.493 e. The number of fused-ring (bicyclic) bond motifs is 1. The Kier molecular flexibility index (Phi) is 6.90. The first-order chi connectivity index (χ1) is 19.3. The highest BCUT2D eigenvalue weighted by atomic mass is 35.5. The number of aromatic amines is 1. The van der Waals surface area contributed by atoms with E-state index in [4.69, 9.17) is 32.7 Å². The average molecular weight is 579 g/mol. The molecule has 2 N–H and O–H groups in total. The van der Waals surface area contributed by atoms with Gasteiger partial charge < -0.3 is 19.7 Å². The zero-order chi connectivity index (χ0) is 28.0. The summed E-state index contributed by atoms with van der Waals surface area (Å²) in [6.45, 7) is 6.65. The predicted molar refractivity (Wildman–Crippen MR) is 153 cm³/mol. The zero-order valence-electron chi connectivity index (χ0n) is 22.3. The second kappa shape index (κ2) is 10.4. The second-order valence-corrected chi connectivity index (χ2v) is 11.5. The number of nitriles is 1. The molecule has 1 aromatic carbocycles. The van der Waals surface area contributed by atoms with Crippen molar-refractivity contribution in [3.8, 4) is 29.0 Å². The van der Waals surface area contributed by atoms with Crippen molar-refractivity contribution < 1.29 is 9.47 Å². The zero-order valence-corrected chi connectivity index (χ0v) is 23.8. The number of hydrogen-bond donors (Lipinski definition) is 2. The summed E-state index contributed by atoms with van der Waals surface area (Å²) < 4.78 is 11.8. The van der Waals surface area contributed by atoms with Crippen LogP contribution in [0.2, 0.25) is 10.0 Å². The lowest BCUT2D eigenvalue weighted by atomic mass is 9.91. The van der Waals surface area contributed by atoms with Crippen molar-refractivity contribution in [2.24, 2.45) is 5.92 Å². The molecule has 0 amide bonds. The Bertz CT molecular complexity index is 1600. The summed E-state index contributed by atoms with van der Waals surface area (Å²) in [7, 11) is 1.56. The van der Waals surface area contributed by atoms with Crippen molar-refractivity contribution in [3.63, 3.8) is 0 Å². The molecule has 4 aromatic rings. The molecule has 1 saturated heterocycles. The summed E-state index contributed by atoms with van der Waals surface area (Å²) in [4.78, 5) is 6.10. The molecule has 1 aliphatic carbocycles. The molecule has 6 rings (SSSR count). The van der Waals surface area contributed by atoms with E-state index in [2.05, 4.69) is 48.6 Å². The van der Waals surface area contributed by atoms with Gasteiger partial charge in [0.05, 0.1) is 33.8 Å². The lowest BCUT2D eigenvalue weighted by Crippen LogP contribution is -2.68. The van der Waals surface area contributed by atoms with Crippen molar-refractivity contribution in [2.75, 3.05) is 31.6 Å². The number of halogens is 2. The molecular formula is C28H28Cl2N8O2. The van der Waals surface area contributed by atoms with Gasteiger partial charge in [0.2, 0.25) is 0 Å². The molecule has 1 aliphatic heterocycles. The van der Waals surface area contributed by atoms with Gasteiger partial charge in [0.15, 0.2) is 17.3 Å². The van der Waals surface area contributed by atoms with Crippen molar-refractivity contribution >= 4 is 39.9 Å². The lowest BCUT2D eigenvalue weighted by molar-refractivity contribution is 0.216. The smallest absolute Gasteiger partial charge is 0.169 e. The molecule has 0 bridgehead atoms. The van der Waals surface area contributed by atoms with Crippen LogP contribution in [0.3, 0.4) is 0 Å². The third kappa shape index (κ3) is 5.01. The lowest BCUT2D eigenvalue weighted by Gasteiger charge is -2.49. The van der Waals surface area contributed by atoms with Crippen molar-refractivity contribution in [1.82, 2.24) is 30.7 Å². The van der Waals surface area contributed by atoms with Crippen LogP contribution >= 0.6 is 23.2 Å². The number of rotatable bonds is 9. The van der Waals surface area contributed by atoms with Gasteiger partial charge in [-0.3, -0.25) is 10.1 Å². The van der Waals surface area contributed by atoms with Crippen molar-refractivity contribution in [1.29, 1.82) is 5.26 Å². The Morgan fingerprint density at radius 1 is 1.18 bits per heavy atom. The number of pyridine rings is 1. The van der Waals surface area contributed by atoms with Gasteiger partial charge in [-0.1, -0.05) is 23.2 Å². The van der Waals surface area contributed by atoms with Crippen LogP contribution in [0, 0.1) is 17.2 Å². The molecule has 3 aromatic heterocycles. The van der Waals surface area contributed by atoms with E-state index in [1.54, 1.807) is 19.2 Å². The third-order valence-electron chi connectivity index (χ3n) is 7.48. The fraction of sp³-hybridized carbons (Fsp3) is 0.393. The first-order valence-corrected chi connectivity index (χ1v) is 13.8. The molecule has 2 aliphatic rings. The van der Waals surface area contributed by atoms with E-state index < -0.39 is 6.10 Å². The fourth-order valence-corrected chi connectivity index (χ4v) is 5.79. The van der Waals surface area contributed by atoms with E-state index in [-0.39, 0.29) is 5.54 Å². The van der Waals surface area contributed by atoms with E-state index in [0.717, 1.165) is 36.5 Å². The van der Waals surface area contributed by atoms with E-state index in [9.17, 15) is 5.26 Å². The van der Waals surface area contributed by atoms with Gasteiger partial charge in [-0.15, -0.1) is 10.2 Å². The number of ether oxygens (including phenoxy) is 2. The maximum Gasteiger partial charge on any atom is 0.169 e. The molecule has 0 radical (unpaired) electrons. The van der Waals surface area contributed by atoms with E-state index in [1.165, 1.54) is 25.2 Å². The van der Waals surface area contributed by atoms with Gasteiger partial charge in [-0.2, -0.15) is 10.4 Å². The summed E-state index contributed by atoms with van der Waals surface area (Å²) >= 11 is 12.7. The Morgan fingerprint density at radius 3 is 2.60 bits per heavy atom. The maximum absolute atomic E-state index is 9.95. The molecule has 1 saturated carbocycles. The molecule has 206 valence electrons. The number of nitrogens with one attached hydrogen (secondary N) is 2. The van der Waals surface area contributed by atoms with Crippen LogP contribution in [-0.2, 0) is 0 Å². The predicted octanol–water partition coefficient (Wildman–Crippen LogP) is 5.32. The van der Waals surface area contributed by atoms with Crippen LogP contribution in [-0.4, -0.2) is 57.7 Å². The van der Waals surface area contributed by atoms with Gasteiger partial charge in [-0.25, -0.2) is 0 Å². The average Bonchev–Trinajstić information content (AvgIpc) is 3.67. The Morgan fingerprint density at radius 2 is 1.93 bits per heavy atom. The van der Waals surface area contributed by atoms with Crippen LogP contribution in [0.1, 0.15) is 43.9 Å². The summed E-state index contributed by atoms with van der Waals surface area (Å²) in [5.41, 5.74) is 2.84. The number of benzene rings is 1. The van der Waals surface area contributed by atoms with Crippen molar-refractivity contribution in [2.45, 2.75) is 38.3 Å². The Balaban J connectivity index is 1.28. The first kappa shape index (κ1) is 26.6. The van der Waals surface area contributed by atoms with Crippen LogP contribution in [0.15, 0.2) is 30.6 Å². The van der Waals surface area contributed by atoms with Gasteiger partial charge in [0.25, 0.3) is 0 Å². The van der Waals surface area contributed by atoms with Crippen LogP contribution < -0.4 is 19.7 Å². The second-order valence-electron chi connectivity index (χ2n) is 10.7. The monoisotopic (exact) mass is 578 g/mol. The van der Waals surface area contributed by atoms with E-state index >= 15 is 0 Å². The Labute approximate surface area is 241 Å². The quantitative estimate of drug-likeness (QED) is 0.271. The third-order valence-corrected chi connectivity index (χ3v) is 8.08. The minimum Gasteiger partial charge on any atom is -0.493 e. The minimum absolute atomic E-state index is 0.0192. The molecule has 10 nitrogen and oxygen atoms in total. The highest BCUT2D eigenvalue weighted by molar-refractivity contribution is 6.35. The van der Waals surface area contributed by atoms with Gasteiger partial charge in [-0.05, 0) is 51.3 Å². The van der Waals surface area contributed by atoms with Gasteiger partial charge in [0.1, 0.15) is 23.6 Å². The molecule has 0 unspecified atom stereocenters. The van der Waals surface area contributed by atoms with Gasteiger partial charge in [0, 0.05) is 42.5 Å². The molecule has 4 heterocycles. The number of hydrogen-bond acceptors (Lipinski definition) is 9. The number of methoxy groups -OCH3 is 1. The first-order valence-electron chi connectivity index (χ1n) is 13.1. The Hall–Kier alpha value is -3.65. The number of anilines is 1. The number of nitrogens with zero attached hydrogens (tertiary/aromatic N) is 6. The molecule has 2 fully saturated rings. The summed E-state index contributed by atoms with van der Waals surface area (Å²) in [5, 5.41) is 31.6. The van der Waals surface area contributed by atoms with Gasteiger partial charge >= 0.3 is 0 Å². The number of H-pyrrole nitrogens is 1. The molecule has 40 heavy (non-hydrogen) atoms. The van der Waals surface area contributed by atoms with Crippen LogP contribution in [0.5, 0.6) is 11.5 Å². The highest BCUT2D eigenvalue weighted by Gasteiger charge is 2.41. The van der Waals surface area contributed by atoms with Crippen LogP contribution in [0.4, 0.5) is 5.82 Å². The molecule has 0 spiro atoms. The van der Waals surface area contributed by atoms with E-state index in [0.29, 0.717) is 49.9 Å². The molecule has 12 heteroatoms. The normalized spacial score (nSPS) is 16.9. The SMILES string of the molecule is COc1cc2[nH]nc(-c3cc(C#N)c(N4CC(C)(NCC5CC5)C4)nn3)c2cc1O[C@H](C)c1c(Cl)cncc1Cl. The fourth-order valence-electron chi connectivity index (χ4n) is 5.12. The maximum atomic E-state index is 9.95. The van der Waals surface area contributed by atoms with Crippen LogP contribution in [0.25, 0.3) is 22.3 Å². The summed E-state index contributed by atoms with van der Waals surface area (Å²) in [6, 6.07) is 7.64. The minimum atomic E-state index is -0.491. The van der Waals surface area contributed by atoms with E-state index in [1.807, 2.05) is 13.0 Å². The summed E-state index contributed by atoms with van der Waals surface area (Å²) in [6.07, 6.45) is 5.19. The standard InChI is InChI=1S/C28H28Cl2N8O2/c1-15(25-19(29)11-32-12-20(25)30)40-24-7-18-21(8-23(24)39-3)34-36-26(18)22-6-17(9-31)27(37-35-22)38-13-28(2,14-38)33-10-16-4-5-16/h6-8,11-12,15-16,33H,4-5,10,13-14H2,1-3H3,(H,34,36)/t15-/m1/s1.